The van der Waals surface area contributed by atoms with Gasteiger partial charge in [0.1, 0.15) is 5.75 Å². The maximum Gasteiger partial charge on any atom is 0.119 e. The smallest absolute Gasteiger partial charge is 0.119 e. The molecule has 0 aliphatic heterocycles. The second-order valence-electron chi connectivity index (χ2n) is 5.79. The third-order valence-electron chi connectivity index (χ3n) is 4.32. The Balaban J connectivity index is 0.00000176. The summed E-state index contributed by atoms with van der Waals surface area (Å²) in [5.74, 6) is 0.970. The number of aryl methyl sites for hydroxylation is 1. The predicted octanol–water partition coefficient (Wildman–Crippen LogP) is 4.15. The molecule has 0 heterocycles. The molecule has 1 aliphatic rings. The van der Waals surface area contributed by atoms with Crippen molar-refractivity contribution in [1.82, 2.24) is 5.32 Å². The average molecular weight is 318 g/mol. The molecule has 0 radical (unpaired) electrons. The van der Waals surface area contributed by atoms with Gasteiger partial charge in [-0.1, -0.05) is 36.4 Å². The zero-order chi connectivity index (χ0) is 14.5. The van der Waals surface area contributed by atoms with Gasteiger partial charge in [-0.25, -0.2) is 0 Å². The van der Waals surface area contributed by atoms with E-state index in [1.165, 1.54) is 36.0 Å². The fourth-order valence-electron chi connectivity index (χ4n) is 3.10. The van der Waals surface area contributed by atoms with Gasteiger partial charge < -0.3 is 10.1 Å². The Morgan fingerprint density at radius 3 is 2.68 bits per heavy atom. The number of rotatable bonds is 4. The standard InChI is InChI=1S/C19H23NO.ClH/c1-21-19-11-10-16-8-5-9-18(12-17(16)13-19)20-14-15-6-3-2-4-7-15;/h2-4,6-7,10-11,13,18,20H,5,8-9,12,14H2,1H3;1H/t18-;/m1./s1. The molecule has 0 bridgehead atoms. The maximum atomic E-state index is 5.37. The molecule has 1 N–H and O–H groups in total. The third kappa shape index (κ3) is 4.25. The lowest BCUT2D eigenvalue weighted by Gasteiger charge is -2.17. The van der Waals surface area contributed by atoms with Crippen LogP contribution in [0, 0.1) is 0 Å². The van der Waals surface area contributed by atoms with Crippen molar-refractivity contribution in [2.75, 3.05) is 7.11 Å². The number of hydrogen-bond donors (Lipinski definition) is 1. The molecule has 0 spiro atoms. The molecule has 22 heavy (non-hydrogen) atoms. The van der Waals surface area contributed by atoms with Gasteiger partial charge in [0.25, 0.3) is 0 Å². The van der Waals surface area contributed by atoms with E-state index in [-0.39, 0.29) is 12.4 Å². The maximum absolute atomic E-state index is 5.37. The van der Waals surface area contributed by atoms with Gasteiger partial charge in [0.15, 0.2) is 0 Å². The Labute approximate surface area is 139 Å². The van der Waals surface area contributed by atoms with Crippen LogP contribution in [0.4, 0.5) is 0 Å². The summed E-state index contributed by atoms with van der Waals surface area (Å²) in [5.41, 5.74) is 4.28. The Bertz CT molecular complexity index is 585. The summed E-state index contributed by atoms with van der Waals surface area (Å²) in [6.45, 7) is 0.949. The number of halogens is 1. The first-order chi connectivity index (χ1) is 10.3. The lowest BCUT2D eigenvalue weighted by molar-refractivity contribution is 0.413. The van der Waals surface area contributed by atoms with E-state index in [1.807, 2.05) is 0 Å². The highest BCUT2D eigenvalue weighted by molar-refractivity contribution is 5.85. The molecule has 2 aromatic carbocycles. The van der Waals surface area contributed by atoms with E-state index < -0.39 is 0 Å². The topological polar surface area (TPSA) is 21.3 Å². The Kier molecular flexibility index (Phi) is 6.29. The SMILES string of the molecule is COc1ccc2c(c1)C[C@H](NCc1ccccc1)CCC2.Cl. The van der Waals surface area contributed by atoms with Crippen LogP contribution in [0.3, 0.4) is 0 Å². The number of methoxy groups -OCH3 is 1. The van der Waals surface area contributed by atoms with Gasteiger partial charge in [-0.15, -0.1) is 12.4 Å². The first kappa shape index (κ1) is 16.9. The average Bonchev–Trinajstić information content (AvgIpc) is 2.75. The summed E-state index contributed by atoms with van der Waals surface area (Å²) in [6.07, 6.45) is 4.78. The van der Waals surface area contributed by atoms with E-state index in [0.717, 1.165) is 18.7 Å². The Hall–Kier alpha value is -1.51. The summed E-state index contributed by atoms with van der Waals surface area (Å²) >= 11 is 0. The zero-order valence-corrected chi connectivity index (χ0v) is 13.9. The molecule has 3 rings (SSSR count). The quantitative estimate of drug-likeness (QED) is 0.855. The molecule has 0 saturated carbocycles. The molecule has 0 fully saturated rings. The van der Waals surface area contributed by atoms with Crippen molar-refractivity contribution in [2.24, 2.45) is 0 Å². The first-order valence-corrected chi connectivity index (χ1v) is 7.78. The molecule has 0 aromatic heterocycles. The van der Waals surface area contributed by atoms with E-state index in [1.54, 1.807) is 7.11 Å². The van der Waals surface area contributed by atoms with E-state index in [0.29, 0.717) is 6.04 Å². The lowest BCUT2D eigenvalue weighted by atomic mass is 10.0. The van der Waals surface area contributed by atoms with Crippen LogP contribution in [0.2, 0.25) is 0 Å². The number of ether oxygens (including phenoxy) is 1. The summed E-state index contributed by atoms with van der Waals surface area (Å²) < 4.78 is 5.37. The third-order valence-corrected chi connectivity index (χ3v) is 4.32. The van der Waals surface area contributed by atoms with Crippen LogP contribution in [0.25, 0.3) is 0 Å². The van der Waals surface area contributed by atoms with Gasteiger partial charge in [0, 0.05) is 12.6 Å². The second-order valence-corrected chi connectivity index (χ2v) is 5.79. The highest BCUT2D eigenvalue weighted by Crippen LogP contribution is 2.25. The van der Waals surface area contributed by atoms with Crippen molar-refractivity contribution in [2.45, 2.75) is 38.3 Å². The highest BCUT2D eigenvalue weighted by Gasteiger charge is 2.16. The van der Waals surface area contributed by atoms with E-state index in [4.69, 9.17) is 4.74 Å². The van der Waals surface area contributed by atoms with Crippen LogP contribution in [0.5, 0.6) is 5.75 Å². The van der Waals surface area contributed by atoms with Crippen molar-refractivity contribution in [3.63, 3.8) is 0 Å². The van der Waals surface area contributed by atoms with Gasteiger partial charge in [-0.05, 0) is 54.5 Å². The van der Waals surface area contributed by atoms with Gasteiger partial charge in [-0.3, -0.25) is 0 Å². The number of fused-ring (bicyclic) bond motifs is 1. The molecule has 3 heteroatoms. The fourth-order valence-corrected chi connectivity index (χ4v) is 3.10. The van der Waals surface area contributed by atoms with Crippen molar-refractivity contribution >= 4 is 12.4 Å². The minimum absolute atomic E-state index is 0. The first-order valence-electron chi connectivity index (χ1n) is 7.78. The zero-order valence-electron chi connectivity index (χ0n) is 13.0. The summed E-state index contributed by atoms with van der Waals surface area (Å²) in [5, 5.41) is 3.72. The monoisotopic (exact) mass is 317 g/mol. The molecule has 2 nitrogen and oxygen atoms in total. The fraction of sp³-hybridized carbons (Fsp3) is 0.368. The van der Waals surface area contributed by atoms with Crippen LogP contribution in [0.15, 0.2) is 48.5 Å². The van der Waals surface area contributed by atoms with Gasteiger partial charge >= 0.3 is 0 Å². The molecular weight excluding hydrogens is 294 g/mol. The van der Waals surface area contributed by atoms with Crippen LogP contribution < -0.4 is 10.1 Å². The van der Waals surface area contributed by atoms with Crippen LogP contribution >= 0.6 is 12.4 Å². The van der Waals surface area contributed by atoms with Gasteiger partial charge in [0.05, 0.1) is 7.11 Å². The molecule has 0 unspecified atom stereocenters. The van der Waals surface area contributed by atoms with Gasteiger partial charge in [0.2, 0.25) is 0 Å². The summed E-state index contributed by atoms with van der Waals surface area (Å²) in [6, 6.07) is 17.7. The van der Waals surface area contributed by atoms with Crippen LogP contribution in [0.1, 0.15) is 29.5 Å². The number of nitrogens with one attached hydrogen (secondary N) is 1. The van der Waals surface area contributed by atoms with Crippen molar-refractivity contribution in [3.05, 3.63) is 65.2 Å². The van der Waals surface area contributed by atoms with Crippen LogP contribution in [-0.2, 0) is 19.4 Å². The van der Waals surface area contributed by atoms with Crippen molar-refractivity contribution in [1.29, 1.82) is 0 Å². The Morgan fingerprint density at radius 1 is 1.09 bits per heavy atom. The number of hydrogen-bond acceptors (Lipinski definition) is 2. The van der Waals surface area contributed by atoms with E-state index in [2.05, 4.69) is 53.8 Å². The summed E-state index contributed by atoms with van der Waals surface area (Å²) in [7, 11) is 1.74. The summed E-state index contributed by atoms with van der Waals surface area (Å²) in [4.78, 5) is 0. The Morgan fingerprint density at radius 2 is 1.91 bits per heavy atom. The molecule has 1 aliphatic carbocycles. The molecular formula is C19H24ClNO. The van der Waals surface area contributed by atoms with Crippen LogP contribution in [-0.4, -0.2) is 13.2 Å². The number of benzene rings is 2. The minimum Gasteiger partial charge on any atom is -0.497 e. The van der Waals surface area contributed by atoms with E-state index >= 15 is 0 Å². The molecule has 2 aromatic rings. The van der Waals surface area contributed by atoms with Gasteiger partial charge in [-0.2, -0.15) is 0 Å². The molecule has 1 atom stereocenters. The van der Waals surface area contributed by atoms with Crippen molar-refractivity contribution in [3.8, 4) is 5.75 Å². The second kappa shape index (κ2) is 8.21. The lowest BCUT2D eigenvalue weighted by Crippen LogP contribution is -2.30. The minimum atomic E-state index is 0. The van der Waals surface area contributed by atoms with Crippen molar-refractivity contribution < 1.29 is 4.74 Å². The molecule has 0 saturated heterocycles. The van der Waals surface area contributed by atoms with E-state index in [9.17, 15) is 0 Å². The molecule has 0 amide bonds. The molecule has 118 valence electrons. The predicted molar refractivity (Wildman–Crippen MR) is 94.0 cm³/mol. The normalized spacial score (nSPS) is 17.0. The largest absolute Gasteiger partial charge is 0.497 e. The highest BCUT2D eigenvalue weighted by atomic mass is 35.5.